The SMILES string of the molecule is CC(C)c1cc(C#N)cc(C(C)C)c1CC(=O)NS(=N)(=O)c1ccc(C(C)(C)O)cc1Cl. The van der Waals surface area contributed by atoms with Gasteiger partial charge in [0.2, 0.25) is 5.91 Å². The number of halogens is 1. The molecule has 2 aromatic carbocycles. The van der Waals surface area contributed by atoms with Crippen molar-refractivity contribution in [1.29, 1.82) is 10.0 Å². The van der Waals surface area contributed by atoms with E-state index < -0.39 is 21.4 Å². The van der Waals surface area contributed by atoms with Gasteiger partial charge in [-0.2, -0.15) is 5.26 Å². The molecule has 0 aliphatic carbocycles. The lowest BCUT2D eigenvalue weighted by atomic mass is 9.85. The molecule has 0 spiro atoms. The highest BCUT2D eigenvalue weighted by molar-refractivity contribution is 7.91. The molecule has 6 nitrogen and oxygen atoms in total. The molecule has 32 heavy (non-hydrogen) atoms. The van der Waals surface area contributed by atoms with Crippen LogP contribution in [0.25, 0.3) is 0 Å². The zero-order valence-electron chi connectivity index (χ0n) is 19.2. The van der Waals surface area contributed by atoms with E-state index >= 15 is 0 Å². The molecule has 1 atom stereocenters. The first kappa shape index (κ1) is 25.9. The topological polar surface area (TPSA) is 114 Å². The Morgan fingerprint density at radius 3 is 2.12 bits per heavy atom. The molecule has 2 aromatic rings. The molecule has 0 heterocycles. The molecule has 0 bridgehead atoms. The summed E-state index contributed by atoms with van der Waals surface area (Å²) in [7, 11) is -3.72. The van der Waals surface area contributed by atoms with E-state index in [2.05, 4.69) is 10.8 Å². The van der Waals surface area contributed by atoms with E-state index in [1.165, 1.54) is 18.2 Å². The van der Waals surface area contributed by atoms with Crippen LogP contribution in [-0.2, 0) is 26.7 Å². The number of aliphatic hydroxyl groups is 1. The number of nitrogens with zero attached hydrogens (tertiary/aromatic N) is 1. The van der Waals surface area contributed by atoms with Crippen molar-refractivity contribution in [3.8, 4) is 6.07 Å². The van der Waals surface area contributed by atoms with E-state index in [0.717, 1.165) is 16.7 Å². The largest absolute Gasteiger partial charge is 0.386 e. The van der Waals surface area contributed by atoms with Crippen LogP contribution in [0.4, 0.5) is 0 Å². The lowest BCUT2D eigenvalue weighted by Gasteiger charge is -2.21. The van der Waals surface area contributed by atoms with Crippen LogP contribution in [-0.4, -0.2) is 15.2 Å². The van der Waals surface area contributed by atoms with Gasteiger partial charge in [0.25, 0.3) is 0 Å². The van der Waals surface area contributed by atoms with E-state index in [1.807, 2.05) is 27.7 Å². The molecule has 0 aromatic heterocycles. The number of rotatable bonds is 7. The lowest BCUT2D eigenvalue weighted by molar-refractivity contribution is -0.118. The Hall–Kier alpha value is -2.40. The maximum Gasteiger partial charge on any atom is 0.236 e. The molecule has 0 fully saturated rings. The third kappa shape index (κ3) is 5.89. The van der Waals surface area contributed by atoms with Gasteiger partial charge in [0.15, 0.2) is 9.92 Å². The van der Waals surface area contributed by atoms with Crippen LogP contribution >= 0.6 is 11.6 Å². The van der Waals surface area contributed by atoms with Gasteiger partial charge in [-0.25, -0.2) is 8.99 Å². The fourth-order valence-electron chi connectivity index (χ4n) is 3.54. The van der Waals surface area contributed by atoms with Gasteiger partial charge in [-0.1, -0.05) is 45.4 Å². The van der Waals surface area contributed by atoms with Crippen molar-refractivity contribution in [2.45, 2.75) is 70.3 Å². The highest BCUT2D eigenvalue weighted by atomic mass is 35.5. The Bertz CT molecular complexity index is 1140. The Balaban J connectivity index is 2.40. The smallest absolute Gasteiger partial charge is 0.236 e. The van der Waals surface area contributed by atoms with Gasteiger partial charge < -0.3 is 5.11 Å². The summed E-state index contributed by atoms with van der Waals surface area (Å²) < 4.78 is 23.7. The van der Waals surface area contributed by atoms with E-state index in [0.29, 0.717) is 11.1 Å². The second-order valence-corrected chi connectivity index (χ2v) is 11.2. The Morgan fingerprint density at radius 2 is 1.72 bits per heavy atom. The van der Waals surface area contributed by atoms with Gasteiger partial charge in [-0.15, -0.1) is 0 Å². The summed E-state index contributed by atoms with van der Waals surface area (Å²) in [6.45, 7) is 11.1. The van der Waals surface area contributed by atoms with Gasteiger partial charge in [0.05, 0.1) is 33.6 Å². The van der Waals surface area contributed by atoms with Gasteiger partial charge in [-0.05, 0) is 72.2 Å². The molecule has 8 heteroatoms. The maximum atomic E-state index is 13.1. The molecule has 0 radical (unpaired) electrons. The minimum Gasteiger partial charge on any atom is -0.386 e. The van der Waals surface area contributed by atoms with E-state index in [4.69, 9.17) is 16.4 Å². The van der Waals surface area contributed by atoms with Crippen LogP contribution in [0.15, 0.2) is 35.2 Å². The fourth-order valence-corrected chi connectivity index (χ4v) is 5.15. The summed E-state index contributed by atoms with van der Waals surface area (Å²) in [5.41, 5.74) is 2.44. The van der Waals surface area contributed by atoms with E-state index in [9.17, 15) is 19.4 Å². The number of benzene rings is 2. The molecule has 2 rings (SSSR count). The van der Waals surface area contributed by atoms with Crippen molar-refractivity contribution in [1.82, 2.24) is 4.72 Å². The minimum absolute atomic E-state index is 0.0199. The molecule has 1 amide bonds. The summed E-state index contributed by atoms with van der Waals surface area (Å²) in [5.74, 6) is -0.415. The maximum absolute atomic E-state index is 13.1. The third-order valence-electron chi connectivity index (χ3n) is 5.23. The van der Waals surface area contributed by atoms with E-state index in [-0.39, 0.29) is 28.2 Å². The molecule has 3 N–H and O–H groups in total. The number of nitriles is 1. The summed E-state index contributed by atoms with van der Waals surface area (Å²) in [5, 5.41) is 19.5. The number of carbonyl (C=O) groups is 1. The second-order valence-electron chi connectivity index (χ2n) is 9.02. The van der Waals surface area contributed by atoms with Gasteiger partial charge in [-0.3, -0.25) is 9.52 Å². The average Bonchev–Trinajstić information content (AvgIpc) is 2.66. The third-order valence-corrected chi connectivity index (χ3v) is 7.15. The Morgan fingerprint density at radius 1 is 1.19 bits per heavy atom. The van der Waals surface area contributed by atoms with Gasteiger partial charge >= 0.3 is 0 Å². The van der Waals surface area contributed by atoms with Crippen LogP contribution in [0.3, 0.4) is 0 Å². The number of nitrogens with one attached hydrogen (secondary N) is 2. The van der Waals surface area contributed by atoms with Gasteiger partial charge in [0.1, 0.15) is 0 Å². The Kier molecular flexibility index (Phi) is 7.77. The summed E-state index contributed by atoms with van der Waals surface area (Å²) in [6.07, 6.45) is -0.0675. The first-order valence-electron chi connectivity index (χ1n) is 10.4. The number of hydrogen-bond donors (Lipinski definition) is 3. The van der Waals surface area contributed by atoms with Crippen molar-refractivity contribution in [3.05, 3.63) is 63.2 Å². The number of hydrogen-bond acceptors (Lipinski definition) is 5. The predicted molar refractivity (Wildman–Crippen MR) is 127 cm³/mol. The molecular weight excluding hydrogens is 446 g/mol. The van der Waals surface area contributed by atoms with Crippen LogP contribution in [0, 0.1) is 16.1 Å². The molecule has 0 aliphatic rings. The van der Waals surface area contributed by atoms with Crippen molar-refractivity contribution in [2.24, 2.45) is 0 Å². The predicted octanol–water partition coefficient (Wildman–Crippen LogP) is 5.37. The summed E-state index contributed by atoms with van der Waals surface area (Å²) in [6, 6.07) is 10.1. The van der Waals surface area contributed by atoms with Crippen molar-refractivity contribution < 1.29 is 14.1 Å². The highest BCUT2D eigenvalue weighted by Crippen LogP contribution is 2.31. The quantitative estimate of drug-likeness (QED) is 0.499. The fraction of sp³-hybridized carbons (Fsp3) is 0.417. The number of amides is 1. The molecule has 172 valence electrons. The zero-order chi connectivity index (χ0) is 24.4. The number of carbonyl (C=O) groups excluding carboxylic acids is 1. The summed E-state index contributed by atoms with van der Waals surface area (Å²) in [4.78, 5) is 12.9. The highest BCUT2D eigenvalue weighted by Gasteiger charge is 2.24. The van der Waals surface area contributed by atoms with Crippen molar-refractivity contribution in [3.63, 3.8) is 0 Å². The average molecular weight is 476 g/mol. The molecule has 0 aliphatic heterocycles. The molecular formula is C24H30ClN3O3S. The van der Waals surface area contributed by atoms with Gasteiger partial charge in [0, 0.05) is 0 Å². The van der Waals surface area contributed by atoms with E-state index in [1.54, 1.807) is 26.0 Å². The second kappa shape index (κ2) is 9.62. The lowest BCUT2D eigenvalue weighted by Crippen LogP contribution is -2.32. The normalized spacial score (nSPS) is 13.7. The van der Waals surface area contributed by atoms with Crippen molar-refractivity contribution in [2.75, 3.05) is 0 Å². The Labute approximate surface area is 195 Å². The monoisotopic (exact) mass is 475 g/mol. The molecule has 0 saturated carbocycles. The standard InChI is InChI=1S/C24H30ClN3O3S/c1-14(2)18-9-16(13-26)10-19(15(3)4)20(18)12-23(29)28-32(27,31)22-8-7-17(11-21(22)25)24(5,6)30/h7-11,14-15,30H,12H2,1-6H3,(H2,27,28,29,31). The summed E-state index contributed by atoms with van der Waals surface area (Å²) >= 11 is 6.24. The zero-order valence-corrected chi connectivity index (χ0v) is 20.8. The van der Waals surface area contributed by atoms with Crippen molar-refractivity contribution >= 4 is 27.4 Å². The first-order valence-corrected chi connectivity index (χ1v) is 12.3. The van der Waals surface area contributed by atoms with Crippen LogP contribution in [0.1, 0.15) is 81.2 Å². The van der Waals surface area contributed by atoms with Crippen LogP contribution in [0.5, 0.6) is 0 Å². The first-order chi connectivity index (χ1) is 14.7. The molecule has 0 saturated heterocycles. The van der Waals surface area contributed by atoms with Crippen LogP contribution < -0.4 is 4.72 Å². The minimum atomic E-state index is -3.72. The molecule has 1 unspecified atom stereocenters. The van der Waals surface area contributed by atoms with Crippen LogP contribution in [0.2, 0.25) is 5.02 Å².